The number of methoxy groups -OCH3 is 1. The van der Waals surface area contributed by atoms with Crippen LogP contribution in [0.5, 0.6) is 5.75 Å². The van der Waals surface area contributed by atoms with Gasteiger partial charge in [0.15, 0.2) is 5.82 Å². The van der Waals surface area contributed by atoms with E-state index in [0.29, 0.717) is 5.82 Å². The van der Waals surface area contributed by atoms with Gasteiger partial charge in [-0.3, -0.25) is 10.2 Å². The third kappa shape index (κ3) is 2.33. The van der Waals surface area contributed by atoms with Gasteiger partial charge in [-0.25, -0.2) is 9.99 Å². The van der Waals surface area contributed by atoms with E-state index in [1.165, 1.54) is 32.7 Å². The van der Waals surface area contributed by atoms with Crippen LogP contribution in [0.2, 0.25) is 0 Å². The molecule has 6 nitrogen and oxygen atoms in total. The number of rotatable bonds is 3. The molecular weight excluding hydrogens is 208 g/mol. The van der Waals surface area contributed by atoms with Gasteiger partial charge in [-0.05, 0) is 12.8 Å². The zero-order valence-electron chi connectivity index (χ0n) is 9.32. The van der Waals surface area contributed by atoms with Gasteiger partial charge in [0.1, 0.15) is 0 Å². The molecule has 1 fully saturated rings. The SMILES string of the molecule is COc1c(NN2CCCCC2)nc[nH]c1=O. The molecule has 0 aliphatic carbocycles. The summed E-state index contributed by atoms with van der Waals surface area (Å²) in [7, 11) is 1.47. The van der Waals surface area contributed by atoms with Crippen LogP contribution in [0.15, 0.2) is 11.1 Å². The summed E-state index contributed by atoms with van der Waals surface area (Å²) in [5, 5.41) is 2.06. The highest BCUT2D eigenvalue weighted by atomic mass is 16.5. The van der Waals surface area contributed by atoms with Gasteiger partial charge >= 0.3 is 0 Å². The number of hydrogen-bond acceptors (Lipinski definition) is 5. The van der Waals surface area contributed by atoms with Crippen molar-refractivity contribution in [2.75, 3.05) is 25.6 Å². The average Bonchev–Trinajstić information content (AvgIpc) is 2.31. The van der Waals surface area contributed by atoms with E-state index >= 15 is 0 Å². The molecular formula is C10H16N4O2. The van der Waals surface area contributed by atoms with E-state index in [2.05, 4.69) is 20.4 Å². The fourth-order valence-corrected chi connectivity index (χ4v) is 1.81. The van der Waals surface area contributed by atoms with Gasteiger partial charge in [-0.2, -0.15) is 0 Å². The number of hydrazine groups is 1. The fraction of sp³-hybridized carbons (Fsp3) is 0.600. The van der Waals surface area contributed by atoms with Crippen molar-refractivity contribution in [1.29, 1.82) is 0 Å². The summed E-state index contributed by atoms with van der Waals surface area (Å²) in [6.45, 7) is 1.94. The third-order valence-corrected chi connectivity index (χ3v) is 2.63. The van der Waals surface area contributed by atoms with Crippen LogP contribution < -0.4 is 15.7 Å². The normalized spacial score (nSPS) is 17.1. The first-order valence-electron chi connectivity index (χ1n) is 5.44. The number of ether oxygens (including phenoxy) is 1. The molecule has 1 saturated heterocycles. The van der Waals surface area contributed by atoms with Gasteiger partial charge in [0.2, 0.25) is 5.75 Å². The summed E-state index contributed by atoms with van der Waals surface area (Å²) in [6, 6.07) is 0. The quantitative estimate of drug-likeness (QED) is 0.786. The topological polar surface area (TPSA) is 70.2 Å². The Hall–Kier alpha value is -1.56. The van der Waals surface area contributed by atoms with Gasteiger partial charge in [-0.1, -0.05) is 6.42 Å². The Labute approximate surface area is 93.6 Å². The second kappa shape index (κ2) is 4.98. The highest BCUT2D eigenvalue weighted by molar-refractivity contribution is 5.46. The number of H-pyrrole nitrogens is 1. The second-order valence-electron chi connectivity index (χ2n) is 3.77. The van der Waals surface area contributed by atoms with E-state index in [1.54, 1.807) is 0 Å². The highest BCUT2D eigenvalue weighted by Crippen LogP contribution is 2.17. The molecule has 0 bridgehead atoms. The molecule has 6 heteroatoms. The van der Waals surface area contributed by atoms with E-state index in [1.807, 2.05) is 0 Å². The van der Waals surface area contributed by atoms with Crippen molar-refractivity contribution in [3.63, 3.8) is 0 Å². The number of nitrogens with one attached hydrogen (secondary N) is 2. The van der Waals surface area contributed by atoms with E-state index in [0.717, 1.165) is 13.1 Å². The number of aromatic nitrogens is 2. The monoisotopic (exact) mass is 224 g/mol. The summed E-state index contributed by atoms with van der Waals surface area (Å²) in [4.78, 5) is 18.0. The molecule has 88 valence electrons. The molecule has 2 heterocycles. The molecule has 0 saturated carbocycles. The maximum Gasteiger partial charge on any atom is 0.295 e. The Morgan fingerprint density at radius 1 is 1.44 bits per heavy atom. The standard InChI is InChI=1S/C10H16N4O2/c1-16-8-9(11-7-12-10(8)15)13-14-5-3-2-4-6-14/h7H,2-6H2,1H3,(H2,11,12,13,15). The first-order valence-corrected chi connectivity index (χ1v) is 5.44. The van der Waals surface area contributed by atoms with Gasteiger partial charge in [0, 0.05) is 13.1 Å². The Bertz CT molecular complexity index is 398. The molecule has 0 amide bonds. The number of nitrogens with zero attached hydrogens (tertiary/aromatic N) is 2. The van der Waals surface area contributed by atoms with Crippen molar-refractivity contribution >= 4 is 5.82 Å². The van der Waals surface area contributed by atoms with Crippen LogP contribution >= 0.6 is 0 Å². The zero-order chi connectivity index (χ0) is 11.4. The lowest BCUT2D eigenvalue weighted by Gasteiger charge is -2.27. The van der Waals surface area contributed by atoms with Crippen LogP contribution in [0.1, 0.15) is 19.3 Å². The number of piperidine rings is 1. The zero-order valence-corrected chi connectivity index (χ0v) is 9.32. The summed E-state index contributed by atoms with van der Waals surface area (Å²) in [5.74, 6) is 0.709. The number of hydrogen-bond donors (Lipinski definition) is 2. The number of anilines is 1. The molecule has 1 aromatic rings. The summed E-state index contributed by atoms with van der Waals surface area (Å²) in [5.41, 5.74) is 2.85. The van der Waals surface area contributed by atoms with E-state index < -0.39 is 0 Å². The predicted molar refractivity (Wildman–Crippen MR) is 60.5 cm³/mol. The Morgan fingerprint density at radius 2 is 2.19 bits per heavy atom. The first-order chi connectivity index (χ1) is 7.81. The molecule has 1 aliphatic heterocycles. The smallest absolute Gasteiger partial charge is 0.295 e. The minimum absolute atomic E-state index is 0.230. The van der Waals surface area contributed by atoms with Crippen LogP contribution in [0.3, 0.4) is 0 Å². The minimum atomic E-state index is -0.267. The van der Waals surface area contributed by atoms with Crippen LogP contribution in [0, 0.1) is 0 Å². The van der Waals surface area contributed by atoms with E-state index in [9.17, 15) is 4.79 Å². The second-order valence-corrected chi connectivity index (χ2v) is 3.77. The number of aromatic amines is 1. The third-order valence-electron chi connectivity index (χ3n) is 2.63. The molecule has 2 rings (SSSR count). The van der Waals surface area contributed by atoms with Gasteiger partial charge < -0.3 is 9.72 Å². The molecule has 0 radical (unpaired) electrons. The van der Waals surface area contributed by atoms with Crippen LogP contribution in [0.25, 0.3) is 0 Å². The largest absolute Gasteiger partial charge is 0.488 e. The molecule has 1 aliphatic rings. The first kappa shape index (κ1) is 10.9. The van der Waals surface area contributed by atoms with Crippen molar-refractivity contribution in [2.24, 2.45) is 0 Å². The van der Waals surface area contributed by atoms with Crippen molar-refractivity contribution in [3.05, 3.63) is 16.7 Å². The van der Waals surface area contributed by atoms with Gasteiger partial charge in [0.05, 0.1) is 13.4 Å². The van der Waals surface area contributed by atoms with Crippen LogP contribution in [-0.2, 0) is 0 Å². The molecule has 0 atom stereocenters. The van der Waals surface area contributed by atoms with Crippen molar-refractivity contribution < 1.29 is 4.74 Å². The maximum absolute atomic E-state index is 11.4. The van der Waals surface area contributed by atoms with Gasteiger partial charge in [-0.15, -0.1) is 0 Å². The summed E-state index contributed by atoms with van der Waals surface area (Å²) < 4.78 is 5.02. The fourth-order valence-electron chi connectivity index (χ4n) is 1.81. The molecule has 0 aromatic carbocycles. The lowest BCUT2D eigenvalue weighted by atomic mass is 10.2. The molecule has 2 N–H and O–H groups in total. The summed E-state index contributed by atoms with van der Waals surface area (Å²) >= 11 is 0. The van der Waals surface area contributed by atoms with Crippen LogP contribution in [-0.4, -0.2) is 35.2 Å². The lowest BCUT2D eigenvalue weighted by Crippen LogP contribution is -2.35. The molecule has 0 spiro atoms. The molecule has 0 unspecified atom stereocenters. The van der Waals surface area contributed by atoms with Crippen molar-refractivity contribution in [2.45, 2.75) is 19.3 Å². The Kier molecular flexibility index (Phi) is 3.40. The molecule has 16 heavy (non-hydrogen) atoms. The Balaban J connectivity index is 2.13. The highest BCUT2D eigenvalue weighted by Gasteiger charge is 2.14. The minimum Gasteiger partial charge on any atom is -0.488 e. The predicted octanol–water partition coefficient (Wildman–Crippen LogP) is 0.591. The van der Waals surface area contributed by atoms with Crippen molar-refractivity contribution in [3.8, 4) is 5.75 Å². The van der Waals surface area contributed by atoms with E-state index in [-0.39, 0.29) is 11.3 Å². The average molecular weight is 224 g/mol. The van der Waals surface area contributed by atoms with Crippen molar-refractivity contribution in [1.82, 2.24) is 15.0 Å². The Morgan fingerprint density at radius 3 is 2.88 bits per heavy atom. The lowest BCUT2D eigenvalue weighted by molar-refractivity contribution is 0.270. The molecule has 1 aromatic heterocycles. The maximum atomic E-state index is 11.4. The van der Waals surface area contributed by atoms with E-state index in [4.69, 9.17) is 4.74 Å². The summed E-state index contributed by atoms with van der Waals surface area (Å²) in [6.07, 6.45) is 4.96. The van der Waals surface area contributed by atoms with Gasteiger partial charge in [0.25, 0.3) is 5.56 Å². The van der Waals surface area contributed by atoms with Crippen LogP contribution in [0.4, 0.5) is 5.82 Å².